The number of ether oxygens (including phenoxy) is 2. The largest absolute Gasteiger partial charge is 0.490 e. The highest BCUT2D eigenvalue weighted by atomic mass is 127. The molecule has 272 valence electrons. The lowest BCUT2D eigenvalue weighted by Gasteiger charge is -2.44. The van der Waals surface area contributed by atoms with Crippen molar-refractivity contribution >= 4 is 73.8 Å². The number of nitrogens with zero attached hydrogens (tertiary/aromatic N) is 2. The van der Waals surface area contributed by atoms with E-state index in [2.05, 4.69) is 73.0 Å². The summed E-state index contributed by atoms with van der Waals surface area (Å²) in [6.45, 7) is 4.44. The Balaban J connectivity index is 1.19. The lowest BCUT2D eigenvalue weighted by Crippen LogP contribution is -2.54. The van der Waals surface area contributed by atoms with E-state index >= 15 is 0 Å². The van der Waals surface area contributed by atoms with Crippen molar-refractivity contribution in [1.82, 2.24) is 5.32 Å². The molecule has 3 aliphatic heterocycles. The maximum Gasteiger partial charge on any atom is 0.335 e. The number of barbiturate groups is 1. The van der Waals surface area contributed by atoms with Gasteiger partial charge in [0.1, 0.15) is 12.2 Å². The fourth-order valence-electron chi connectivity index (χ4n) is 7.84. The Morgan fingerprint density at radius 1 is 0.815 bits per heavy atom. The third kappa shape index (κ3) is 7.04. The molecule has 3 heterocycles. The van der Waals surface area contributed by atoms with E-state index in [0.29, 0.717) is 36.0 Å². The quantitative estimate of drug-likeness (QED) is 0.0902. The van der Waals surface area contributed by atoms with Gasteiger partial charge in [-0.1, -0.05) is 88.7 Å². The molecule has 0 unspecified atom stereocenters. The number of nitrogens with one attached hydrogen (secondary N) is 1. The SMILES string of the molecule is CCOc1cc(/C=C2\C(=O)NC(=O)N(c3cc4c5c(c3)[C@H](c3ccccc3)CCN5CC[C@@H]4c3ccccc3)C2=O)cc(I)c1OCc1ccc(Br)cc1. The number of hydrogen-bond acceptors (Lipinski definition) is 6. The Kier molecular flexibility index (Phi) is 10.3. The van der Waals surface area contributed by atoms with E-state index in [-0.39, 0.29) is 17.4 Å². The number of amides is 4. The zero-order valence-corrected chi connectivity index (χ0v) is 33.3. The van der Waals surface area contributed by atoms with Crippen LogP contribution in [0.4, 0.5) is 16.2 Å². The van der Waals surface area contributed by atoms with Gasteiger partial charge < -0.3 is 14.4 Å². The van der Waals surface area contributed by atoms with Crippen LogP contribution in [-0.2, 0) is 16.2 Å². The van der Waals surface area contributed by atoms with E-state index in [9.17, 15) is 14.4 Å². The second-order valence-corrected chi connectivity index (χ2v) is 15.7. The van der Waals surface area contributed by atoms with Crippen molar-refractivity contribution < 1.29 is 23.9 Å². The van der Waals surface area contributed by atoms with E-state index in [0.717, 1.165) is 55.6 Å². The molecule has 8 nitrogen and oxygen atoms in total. The zero-order chi connectivity index (χ0) is 37.3. The average molecular weight is 895 g/mol. The van der Waals surface area contributed by atoms with Crippen molar-refractivity contribution in [3.8, 4) is 11.5 Å². The van der Waals surface area contributed by atoms with Crippen molar-refractivity contribution in [1.29, 1.82) is 0 Å². The smallest absolute Gasteiger partial charge is 0.335 e. The molecule has 10 heteroatoms. The maximum atomic E-state index is 14.5. The van der Waals surface area contributed by atoms with Gasteiger partial charge in [-0.15, -0.1) is 0 Å². The predicted molar refractivity (Wildman–Crippen MR) is 222 cm³/mol. The molecule has 1 fully saturated rings. The standard InChI is InChI=1S/C44H37BrIN3O5/c1-2-53-39-23-28(22-38(46)41(39)54-26-27-13-15-31(45)16-14-27)21-37-42(50)47-44(52)49(43(37)51)32-24-35-33(29-9-5-3-6-10-29)17-19-48-20-18-34(36(25-32)40(35)48)30-11-7-4-8-12-30/h3-16,21-25,33-34H,2,17-20,26H2,1H3,(H,47,50,52)/b37-21+/t33-,34+. The van der Waals surface area contributed by atoms with Crippen LogP contribution in [0, 0.1) is 3.57 Å². The molecule has 4 amide bonds. The molecule has 2 atom stereocenters. The van der Waals surface area contributed by atoms with Gasteiger partial charge >= 0.3 is 6.03 Å². The van der Waals surface area contributed by atoms with Gasteiger partial charge in [0.2, 0.25) is 0 Å². The minimum atomic E-state index is -0.772. The van der Waals surface area contributed by atoms with Gasteiger partial charge in [-0.2, -0.15) is 0 Å². The van der Waals surface area contributed by atoms with Crippen molar-refractivity contribution in [2.24, 2.45) is 0 Å². The van der Waals surface area contributed by atoms with Gasteiger partial charge in [-0.3, -0.25) is 14.9 Å². The van der Waals surface area contributed by atoms with E-state index in [4.69, 9.17) is 9.47 Å². The van der Waals surface area contributed by atoms with Crippen LogP contribution in [-0.4, -0.2) is 37.5 Å². The molecular formula is C44H37BrIN3O5. The highest BCUT2D eigenvalue weighted by Crippen LogP contribution is 2.50. The van der Waals surface area contributed by atoms with Crippen LogP contribution in [0.5, 0.6) is 11.5 Å². The summed E-state index contributed by atoms with van der Waals surface area (Å²) in [6, 6.07) is 35.5. The molecule has 1 saturated heterocycles. The minimum absolute atomic E-state index is 0.0776. The van der Waals surface area contributed by atoms with Gasteiger partial charge in [0, 0.05) is 35.1 Å². The molecule has 5 aromatic carbocycles. The Labute approximate surface area is 336 Å². The first-order valence-electron chi connectivity index (χ1n) is 18.1. The lowest BCUT2D eigenvalue weighted by atomic mass is 9.76. The summed E-state index contributed by atoms with van der Waals surface area (Å²) >= 11 is 5.64. The topological polar surface area (TPSA) is 88.2 Å². The normalized spacial score (nSPS) is 18.7. The van der Waals surface area contributed by atoms with Crippen LogP contribution >= 0.6 is 38.5 Å². The Morgan fingerprint density at radius 3 is 2.02 bits per heavy atom. The summed E-state index contributed by atoms with van der Waals surface area (Å²) in [7, 11) is 0. The third-order valence-electron chi connectivity index (χ3n) is 10.3. The lowest BCUT2D eigenvalue weighted by molar-refractivity contribution is -0.122. The number of rotatable bonds is 9. The number of anilines is 2. The van der Waals surface area contributed by atoms with Crippen molar-refractivity contribution in [2.45, 2.75) is 38.2 Å². The van der Waals surface area contributed by atoms with Crippen LogP contribution in [0.2, 0.25) is 0 Å². The summed E-state index contributed by atoms with van der Waals surface area (Å²) < 4.78 is 13.9. The second kappa shape index (κ2) is 15.4. The monoisotopic (exact) mass is 893 g/mol. The maximum absolute atomic E-state index is 14.5. The summed E-state index contributed by atoms with van der Waals surface area (Å²) in [5.74, 6) is -0.225. The molecule has 5 aromatic rings. The minimum Gasteiger partial charge on any atom is -0.490 e. The molecule has 0 aromatic heterocycles. The molecule has 54 heavy (non-hydrogen) atoms. The Morgan fingerprint density at radius 2 is 1.43 bits per heavy atom. The van der Waals surface area contributed by atoms with E-state index < -0.39 is 17.8 Å². The summed E-state index contributed by atoms with van der Waals surface area (Å²) in [5, 5.41) is 2.45. The number of urea groups is 1. The van der Waals surface area contributed by atoms with Gasteiger partial charge in [0.05, 0.1) is 15.9 Å². The van der Waals surface area contributed by atoms with Gasteiger partial charge in [0.25, 0.3) is 11.8 Å². The fraction of sp³-hybridized carbons (Fsp3) is 0.205. The summed E-state index contributed by atoms with van der Waals surface area (Å²) in [6.07, 6.45) is 3.33. The Hall–Kier alpha value is -4.94. The number of carbonyl (C=O) groups excluding carboxylic acids is 3. The molecular weight excluding hydrogens is 857 g/mol. The zero-order valence-electron chi connectivity index (χ0n) is 29.6. The van der Waals surface area contributed by atoms with Crippen LogP contribution in [0.15, 0.2) is 119 Å². The summed E-state index contributed by atoms with van der Waals surface area (Å²) in [5.41, 5.74) is 7.56. The number of hydrogen-bond donors (Lipinski definition) is 1. The fourth-order valence-corrected chi connectivity index (χ4v) is 8.88. The van der Waals surface area contributed by atoms with Crippen molar-refractivity contribution in [3.63, 3.8) is 0 Å². The van der Waals surface area contributed by atoms with Gasteiger partial charge in [-0.05, 0) is 118 Å². The summed E-state index contributed by atoms with van der Waals surface area (Å²) in [4.78, 5) is 45.1. The number of halogens is 2. The second-order valence-electron chi connectivity index (χ2n) is 13.6. The molecule has 0 radical (unpaired) electrons. The van der Waals surface area contributed by atoms with Crippen molar-refractivity contribution in [2.75, 3.05) is 29.5 Å². The predicted octanol–water partition coefficient (Wildman–Crippen LogP) is 9.58. The molecule has 0 saturated carbocycles. The first kappa shape index (κ1) is 36.1. The Bertz CT molecular complexity index is 2210. The van der Waals surface area contributed by atoms with Crippen LogP contribution in [0.25, 0.3) is 6.08 Å². The molecule has 0 spiro atoms. The van der Waals surface area contributed by atoms with Crippen LogP contribution in [0.3, 0.4) is 0 Å². The number of carbonyl (C=O) groups is 3. The number of benzene rings is 5. The van der Waals surface area contributed by atoms with Gasteiger partial charge in [-0.25, -0.2) is 9.69 Å². The van der Waals surface area contributed by atoms with E-state index in [1.807, 2.05) is 85.8 Å². The molecule has 3 aliphatic rings. The van der Waals surface area contributed by atoms with E-state index in [1.54, 1.807) is 6.07 Å². The number of imide groups is 2. The van der Waals surface area contributed by atoms with Crippen LogP contribution < -0.4 is 24.6 Å². The molecule has 8 rings (SSSR count). The highest BCUT2D eigenvalue weighted by Gasteiger charge is 2.40. The highest BCUT2D eigenvalue weighted by molar-refractivity contribution is 14.1. The molecule has 1 N–H and O–H groups in total. The van der Waals surface area contributed by atoms with Crippen LogP contribution in [0.1, 0.15) is 65.0 Å². The van der Waals surface area contributed by atoms with Gasteiger partial charge in [0.15, 0.2) is 11.5 Å². The molecule has 0 bridgehead atoms. The first-order valence-corrected chi connectivity index (χ1v) is 19.9. The first-order chi connectivity index (χ1) is 26.3. The average Bonchev–Trinajstić information content (AvgIpc) is 3.18. The van der Waals surface area contributed by atoms with E-state index in [1.165, 1.54) is 22.9 Å². The third-order valence-corrected chi connectivity index (χ3v) is 11.6. The molecule has 0 aliphatic carbocycles. The van der Waals surface area contributed by atoms with Crippen molar-refractivity contribution in [3.05, 3.63) is 156 Å².